The Bertz CT molecular complexity index is 1060. The molecule has 8 nitrogen and oxygen atoms in total. The zero-order valence-electron chi connectivity index (χ0n) is 28.6. The van der Waals surface area contributed by atoms with Crippen LogP contribution in [0.4, 0.5) is 0 Å². The van der Waals surface area contributed by atoms with Gasteiger partial charge in [-0.25, -0.2) is 0 Å². The first-order valence-corrected chi connectivity index (χ1v) is 17.6. The third kappa shape index (κ3) is 5.81. The minimum absolute atomic E-state index is 0.00234. The van der Waals surface area contributed by atoms with Crippen molar-refractivity contribution in [2.24, 2.45) is 34.5 Å². The molecule has 6 fully saturated rings. The number of piperazine rings is 2. The molecular weight excluding hydrogens is 540 g/mol. The molecule has 4 saturated carbocycles. The normalized spacial score (nSPS) is 46.2. The SMILES string of the molecule is CC(=O)O[C@H]1C[C@@H]2CC[C@@H]3[C@H](CC[C@]4(C)[C@H](OC(C)=O)[C@@H](N5CC[N+](C)(C)CC5)C[C@@H]34)[C@@]2(C)C[C@@H]1N1CC[N+](C)(C)CC1. The molecule has 43 heavy (non-hydrogen) atoms. The lowest BCUT2D eigenvalue weighted by atomic mass is 9.44. The van der Waals surface area contributed by atoms with Gasteiger partial charge in [0.2, 0.25) is 0 Å². The van der Waals surface area contributed by atoms with E-state index in [1.807, 2.05) is 0 Å². The van der Waals surface area contributed by atoms with Crippen molar-refractivity contribution in [3.8, 4) is 0 Å². The fourth-order valence-electron chi connectivity index (χ4n) is 11.4. The Balaban J connectivity index is 1.26. The van der Waals surface area contributed by atoms with Gasteiger partial charge in [0.1, 0.15) is 12.2 Å². The zero-order chi connectivity index (χ0) is 30.9. The minimum Gasteiger partial charge on any atom is -0.461 e. The highest BCUT2D eigenvalue weighted by Crippen LogP contribution is 2.67. The summed E-state index contributed by atoms with van der Waals surface area (Å²) in [5, 5.41) is 0. The number of nitrogens with zero attached hydrogens (tertiary/aromatic N) is 4. The molecule has 0 spiro atoms. The molecule has 0 N–H and O–H groups in total. The predicted octanol–water partition coefficient (Wildman–Crippen LogP) is 3.63. The van der Waals surface area contributed by atoms with Gasteiger partial charge in [0, 0.05) is 57.5 Å². The Hall–Kier alpha value is -1.22. The Morgan fingerprint density at radius 2 is 1.26 bits per heavy atom. The fraction of sp³-hybridized carbons (Fsp3) is 0.943. The maximum absolute atomic E-state index is 12.5. The van der Waals surface area contributed by atoms with Crippen molar-refractivity contribution >= 4 is 11.9 Å². The monoisotopic (exact) mass is 602 g/mol. The molecule has 2 heterocycles. The number of carbonyl (C=O) groups is 2. The Morgan fingerprint density at radius 1 is 0.698 bits per heavy atom. The number of likely N-dealkylation sites (N-methyl/N-ethyl adjacent to an activating group) is 2. The molecular formula is C35H62N4O4+2. The van der Waals surface area contributed by atoms with Gasteiger partial charge in [0.05, 0.1) is 54.4 Å². The van der Waals surface area contributed by atoms with Crippen molar-refractivity contribution in [2.45, 2.75) is 96.9 Å². The molecule has 0 unspecified atom stereocenters. The lowest BCUT2D eigenvalue weighted by Gasteiger charge is -2.62. The highest BCUT2D eigenvalue weighted by Gasteiger charge is 2.65. The van der Waals surface area contributed by atoms with Crippen molar-refractivity contribution in [1.29, 1.82) is 0 Å². The fourth-order valence-corrected chi connectivity index (χ4v) is 11.4. The van der Waals surface area contributed by atoms with Crippen LogP contribution in [-0.4, -0.2) is 136 Å². The van der Waals surface area contributed by atoms with Gasteiger partial charge in [0.25, 0.3) is 0 Å². The van der Waals surface area contributed by atoms with Crippen molar-refractivity contribution in [2.75, 3.05) is 80.5 Å². The summed E-state index contributed by atoms with van der Waals surface area (Å²) < 4.78 is 14.6. The van der Waals surface area contributed by atoms with Gasteiger partial charge in [-0.3, -0.25) is 19.4 Å². The lowest BCUT2D eigenvalue weighted by Crippen LogP contribution is -2.64. The van der Waals surface area contributed by atoms with Crippen LogP contribution in [0, 0.1) is 34.5 Å². The average Bonchev–Trinajstić information content (AvgIpc) is 3.20. The molecule has 10 atom stereocenters. The number of esters is 2. The molecule has 0 amide bonds. The molecule has 2 aliphatic heterocycles. The van der Waals surface area contributed by atoms with E-state index in [1.54, 1.807) is 13.8 Å². The number of quaternary nitrogens is 2. The number of fused-ring (bicyclic) bond motifs is 5. The second kappa shape index (κ2) is 11.2. The number of rotatable bonds is 4. The smallest absolute Gasteiger partial charge is 0.302 e. The third-order valence-electron chi connectivity index (χ3n) is 14.1. The van der Waals surface area contributed by atoms with Gasteiger partial charge in [-0.2, -0.15) is 0 Å². The largest absolute Gasteiger partial charge is 0.461 e. The highest BCUT2D eigenvalue weighted by molar-refractivity contribution is 5.66. The van der Waals surface area contributed by atoms with Crippen LogP contribution in [0.25, 0.3) is 0 Å². The van der Waals surface area contributed by atoms with Crippen LogP contribution >= 0.6 is 0 Å². The van der Waals surface area contributed by atoms with Crippen molar-refractivity contribution < 1.29 is 28.0 Å². The first kappa shape index (κ1) is 31.7. The highest BCUT2D eigenvalue weighted by atomic mass is 16.5. The summed E-state index contributed by atoms with van der Waals surface area (Å²) in [5.41, 5.74) is 0.308. The molecule has 0 aromatic rings. The number of ether oxygens (including phenoxy) is 2. The van der Waals surface area contributed by atoms with Crippen molar-refractivity contribution in [3.05, 3.63) is 0 Å². The molecule has 6 rings (SSSR count). The van der Waals surface area contributed by atoms with Gasteiger partial charge in [-0.1, -0.05) is 13.8 Å². The molecule has 0 radical (unpaired) electrons. The average molecular weight is 603 g/mol. The van der Waals surface area contributed by atoms with Crippen molar-refractivity contribution in [1.82, 2.24) is 9.80 Å². The first-order chi connectivity index (χ1) is 20.1. The van der Waals surface area contributed by atoms with Crippen LogP contribution in [0.3, 0.4) is 0 Å². The summed E-state index contributed by atoms with van der Waals surface area (Å²) in [6.45, 7) is 17.3. The second-order valence-corrected chi connectivity index (χ2v) is 17.5. The second-order valence-electron chi connectivity index (χ2n) is 17.5. The molecule has 0 aromatic heterocycles. The van der Waals surface area contributed by atoms with E-state index >= 15 is 0 Å². The summed E-state index contributed by atoms with van der Waals surface area (Å²) in [7, 11) is 9.36. The maximum Gasteiger partial charge on any atom is 0.302 e. The molecule has 0 aromatic carbocycles. The summed E-state index contributed by atoms with van der Waals surface area (Å²) in [6, 6.07) is 0.656. The van der Waals surface area contributed by atoms with Gasteiger partial charge in [0.15, 0.2) is 0 Å². The Kier molecular flexibility index (Phi) is 8.30. The third-order valence-corrected chi connectivity index (χ3v) is 14.1. The topological polar surface area (TPSA) is 59.1 Å². The summed E-state index contributed by atoms with van der Waals surface area (Å²) in [6.07, 6.45) is 8.22. The summed E-state index contributed by atoms with van der Waals surface area (Å²) in [5.74, 6) is 2.35. The van der Waals surface area contributed by atoms with Crippen LogP contribution in [0.1, 0.15) is 72.6 Å². The van der Waals surface area contributed by atoms with Crippen LogP contribution in [0.2, 0.25) is 0 Å². The van der Waals surface area contributed by atoms with Gasteiger partial charge in [-0.15, -0.1) is 0 Å². The lowest BCUT2D eigenvalue weighted by molar-refractivity contribution is -0.894. The molecule has 4 aliphatic carbocycles. The standard InChI is InChI=1S/C35H62N4O4/c1-24(40)42-32-21-26-9-10-27-28(35(26,4)23-31(32)37-15-19-39(7,8)20-16-37)11-12-34(3)29(27)22-30(33(34)43-25(2)41)36-13-17-38(5,6)18-14-36/h26-33H,9-23H2,1-8H3/q+2/t26-,27+,28-,29-,30-,31-,32-,33+,34-,35-/m0/s1. The molecule has 0 bridgehead atoms. The van der Waals surface area contributed by atoms with Gasteiger partial charge < -0.3 is 18.4 Å². The molecule has 2 saturated heterocycles. The van der Waals surface area contributed by atoms with E-state index in [2.05, 4.69) is 51.8 Å². The summed E-state index contributed by atoms with van der Waals surface area (Å²) >= 11 is 0. The van der Waals surface area contributed by atoms with Gasteiger partial charge >= 0.3 is 11.9 Å². The van der Waals surface area contributed by atoms with Gasteiger partial charge in [-0.05, 0) is 74.0 Å². The van der Waals surface area contributed by atoms with Crippen LogP contribution in [-0.2, 0) is 19.1 Å². The van der Waals surface area contributed by atoms with E-state index in [-0.39, 0.29) is 35.0 Å². The quantitative estimate of drug-likeness (QED) is 0.362. The van der Waals surface area contributed by atoms with E-state index in [1.165, 1.54) is 25.7 Å². The Labute approximate surface area is 261 Å². The molecule has 244 valence electrons. The molecule has 6 aliphatic rings. The molecule has 8 heteroatoms. The van der Waals surface area contributed by atoms with E-state index in [9.17, 15) is 9.59 Å². The Morgan fingerprint density at radius 3 is 1.81 bits per heavy atom. The minimum atomic E-state index is -0.123. The number of hydrogen-bond donors (Lipinski definition) is 0. The van der Waals surface area contributed by atoms with E-state index in [0.29, 0.717) is 35.8 Å². The predicted molar refractivity (Wildman–Crippen MR) is 168 cm³/mol. The maximum atomic E-state index is 12.5. The number of hydrogen-bond acceptors (Lipinski definition) is 6. The van der Waals surface area contributed by atoms with E-state index in [0.717, 1.165) is 80.6 Å². The van der Waals surface area contributed by atoms with Crippen molar-refractivity contribution in [3.63, 3.8) is 0 Å². The number of carbonyl (C=O) groups excluding carboxylic acids is 2. The van der Waals surface area contributed by atoms with Crippen LogP contribution < -0.4 is 0 Å². The zero-order valence-corrected chi connectivity index (χ0v) is 28.6. The first-order valence-electron chi connectivity index (χ1n) is 17.6. The van der Waals surface area contributed by atoms with E-state index < -0.39 is 0 Å². The van der Waals surface area contributed by atoms with Crippen LogP contribution in [0.15, 0.2) is 0 Å². The summed E-state index contributed by atoms with van der Waals surface area (Å²) in [4.78, 5) is 30.2. The van der Waals surface area contributed by atoms with E-state index in [4.69, 9.17) is 9.47 Å². The van der Waals surface area contributed by atoms with Crippen LogP contribution in [0.5, 0.6) is 0 Å².